The van der Waals surface area contributed by atoms with E-state index < -0.39 is 0 Å². The molecule has 0 spiro atoms. The topological polar surface area (TPSA) is 62.6 Å². The van der Waals surface area contributed by atoms with Crippen molar-refractivity contribution in [3.05, 3.63) is 57.3 Å². The predicted octanol–water partition coefficient (Wildman–Crippen LogP) is 4.66. The first-order valence-electron chi connectivity index (χ1n) is 7.26. The van der Waals surface area contributed by atoms with Crippen molar-refractivity contribution in [1.82, 2.24) is 4.90 Å². The fourth-order valence-electron chi connectivity index (χ4n) is 2.26. The average molecular weight is 363 g/mol. The maximum Gasteiger partial charge on any atom is 0.295 e. The zero-order chi connectivity index (χ0) is 17.3. The Morgan fingerprint density at radius 2 is 2.04 bits per heavy atom. The van der Waals surface area contributed by atoms with E-state index in [0.29, 0.717) is 15.7 Å². The Morgan fingerprint density at radius 1 is 1.25 bits per heavy atom. The first-order valence-corrected chi connectivity index (χ1v) is 8.46. The average Bonchev–Trinajstić information content (AvgIpc) is 3.06. The molecular formula is C17H15ClN2O3S. The molecule has 2 heterocycles. The van der Waals surface area contributed by atoms with Crippen LogP contribution in [0.1, 0.15) is 17.1 Å². The first kappa shape index (κ1) is 16.7. The Hall–Kier alpha value is -2.18. The number of nitrogens with zero attached hydrogens (tertiary/aromatic N) is 1. The van der Waals surface area contributed by atoms with Gasteiger partial charge in [0, 0.05) is 16.8 Å². The van der Waals surface area contributed by atoms with E-state index in [2.05, 4.69) is 5.32 Å². The van der Waals surface area contributed by atoms with Gasteiger partial charge in [-0.1, -0.05) is 17.7 Å². The second-order valence-electron chi connectivity index (χ2n) is 5.31. The molecule has 1 aliphatic rings. The molecular weight excluding hydrogens is 348 g/mol. The molecule has 1 aromatic heterocycles. The van der Waals surface area contributed by atoms with Crippen molar-refractivity contribution in [2.24, 2.45) is 0 Å². The van der Waals surface area contributed by atoms with Gasteiger partial charge in [-0.2, -0.15) is 0 Å². The highest BCUT2D eigenvalue weighted by atomic mass is 35.5. The molecule has 1 saturated heterocycles. The van der Waals surface area contributed by atoms with Gasteiger partial charge >= 0.3 is 0 Å². The van der Waals surface area contributed by atoms with Gasteiger partial charge in [0.15, 0.2) is 0 Å². The predicted molar refractivity (Wildman–Crippen MR) is 95.9 cm³/mol. The van der Waals surface area contributed by atoms with E-state index in [4.69, 9.17) is 16.0 Å². The van der Waals surface area contributed by atoms with Crippen molar-refractivity contribution < 1.29 is 14.0 Å². The monoisotopic (exact) mass is 362 g/mol. The Bertz CT molecular complexity index is 844. The van der Waals surface area contributed by atoms with Gasteiger partial charge in [0.05, 0.1) is 11.6 Å². The Kier molecular flexibility index (Phi) is 4.69. The standard InChI is InChI=1S/C17H15ClN2O3S/c1-10-6-7-12(23-10)8-15-16(21)20(17(22)24-15)9-19-14-5-3-4-13(18)11(14)2/h3-8,19H,9H2,1-2H3/b15-8+. The number of rotatable bonds is 4. The lowest BCUT2D eigenvalue weighted by molar-refractivity contribution is -0.122. The highest BCUT2D eigenvalue weighted by Gasteiger charge is 2.35. The fourth-order valence-corrected chi connectivity index (χ4v) is 3.25. The SMILES string of the molecule is Cc1ccc(/C=C2/SC(=O)N(CNc3cccc(Cl)c3C)C2=O)o1. The molecule has 5 nitrogen and oxygen atoms in total. The third-order valence-corrected chi connectivity index (χ3v) is 4.92. The molecule has 1 aliphatic heterocycles. The second-order valence-corrected chi connectivity index (χ2v) is 6.71. The highest BCUT2D eigenvalue weighted by Crippen LogP contribution is 2.32. The van der Waals surface area contributed by atoms with Gasteiger partial charge in [0.1, 0.15) is 11.5 Å². The summed E-state index contributed by atoms with van der Waals surface area (Å²) in [4.78, 5) is 26.0. The van der Waals surface area contributed by atoms with Gasteiger partial charge in [-0.05, 0) is 55.4 Å². The Morgan fingerprint density at radius 3 is 2.75 bits per heavy atom. The number of hydrogen-bond donors (Lipinski definition) is 1. The largest absolute Gasteiger partial charge is 0.462 e. The van der Waals surface area contributed by atoms with Crippen LogP contribution in [0.5, 0.6) is 0 Å². The van der Waals surface area contributed by atoms with Crippen LogP contribution in [0.3, 0.4) is 0 Å². The molecule has 2 amide bonds. The molecule has 0 unspecified atom stereocenters. The number of carbonyl (C=O) groups excluding carboxylic acids is 2. The summed E-state index contributed by atoms with van der Waals surface area (Å²) in [6.45, 7) is 3.78. The van der Waals surface area contributed by atoms with Gasteiger partial charge in [-0.15, -0.1) is 0 Å². The lowest BCUT2D eigenvalue weighted by atomic mass is 10.2. The minimum atomic E-state index is -0.341. The number of furan rings is 1. The molecule has 24 heavy (non-hydrogen) atoms. The lowest BCUT2D eigenvalue weighted by Crippen LogP contribution is -2.33. The fraction of sp³-hybridized carbons (Fsp3) is 0.176. The van der Waals surface area contributed by atoms with E-state index in [1.54, 1.807) is 24.3 Å². The molecule has 1 N–H and O–H groups in total. The molecule has 1 fully saturated rings. The Labute approximate surface area is 148 Å². The second kappa shape index (κ2) is 6.75. The number of carbonyl (C=O) groups is 2. The van der Waals surface area contributed by atoms with Crippen LogP contribution in [0.2, 0.25) is 5.02 Å². The maximum absolute atomic E-state index is 12.4. The Balaban J connectivity index is 1.73. The number of aryl methyl sites for hydroxylation is 1. The van der Waals surface area contributed by atoms with Crippen molar-refractivity contribution >= 4 is 46.3 Å². The third-order valence-electron chi connectivity index (χ3n) is 3.60. The number of benzene rings is 1. The number of hydrogen-bond acceptors (Lipinski definition) is 5. The molecule has 2 aromatic rings. The number of amides is 2. The van der Waals surface area contributed by atoms with E-state index in [0.717, 1.165) is 33.7 Å². The van der Waals surface area contributed by atoms with Crippen LogP contribution < -0.4 is 5.32 Å². The van der Waals surface area contributed by atoms with Crippen LogP contribution in [-0.2, 0) is 4.79 Å². The summed E-state index contributed by atoms with van der Waals surface area (Å²) < 4.78 is 5.42. The minimum absolute atomic E-state index is 0.0837. The van der Waals surface area contributed by atoms with Gasteiger partial charge < -0.3 is 9.73 Å². The van der Waals surface area contributed by atoms with Crippen LogP contribution in [0, 0.1) is 13.8 Å². The quantitative estimate of drug-likeness (QED) is 0.802. The zero-order valence-electron chi connectivity index (χ0n) is 13.1. The normalized spacial score (nSPS) is 16.3. The van der Waals surface area contributed by atoms with Crippen molar-refractivity contribution in [2.75, 3.05) is 12.0 Å². The maximum atomic E-state index is 12.4. The highest BCUT2D eigenvalue weighted by molar-refractivity contribution is 8.18. The molecule has 0 bridgehead atoms. The van der Waals surface area contributed by atoms with Crippen LogP contribution in [0.25, 0.3) is 6.08 Å². The summed E-state index contributed by atoms with van der Waals surface area (Å²) in [7, 11) is 0. The minimum Gasteiger partial charge on any atom is -0.462 e. The molecule has 0 saturated carbocycles. The van der Waals surface area contributed by atoms with E-state index in [1.807, 2.05) is 26.0 Å². The number of thioether (sulfide) groups is 1. The van der Waals surface area contributed by atoms with Gasteiger partial charge in [0.25, 0.3) is 11.1 Å². The zero-order valence-corrected chi connectivity index (χ0v) is 14.7. The number of nitrogens with one attached hydrogen (secondary N) is 1. The number of anilines is 1. The summed E-state index contributed by atoms with van der Waals surface area (Å²) in [6, 6.07) is 9.01. The van der Waals surface area contributed by atoms with Crippen molar-refractivity contribution in [3.8, 4) is 0 Å². The van der Waals surface area contributed by atoms with E-state index in [1.165, 1.54) is 0 Å². The molecule has 3 rings (SSSR count). The molecule has 0 aliphatic carbocycles. The van der Waals surface area contributed by atoms with Crippen molar-refractivity contribution in [2.45, 2.75) is 13.8 Å². The van der Waals surface area contributed by atoms with Crippen LogP contribution >= 0.6 is 23.4 Å². The van der Waals surface area contributed by atoms with Gasteiger partial charge in [-0.3, -0.25) is 14.5 Å². The van der Waals surface area contributed by atoms with Crippen LogP contribution in [0.4, 0.5) is 10.5 Å². The third kappa shape index (κ3) is 3.34. The lowest BCUT2D eigenvalue weighted by Gasteiger charge is -2.16. The van der Waals surface area contributed by atoms with E-state index in [-0.39, 0.29) is 17.8 Å². The van der Waals surface area contributed by atoms with Gasteiger partial charge in [0.2, 0.25) is 0 Å². The summed E-state index contributed by atoms with van der Waals surface area (Å²) in [5, 5.41) is 3.39. The molecule has 124 valence electrons. The summed E-state index contributed by atoms with van der Waals surface area (Å²) in [5.74, 6) is 0.960. The number of halogens is 1. The summed E-state index contributed by atoms with van der Waals surface area (Å²) in [5.41, 5.74) is 1.65. The molecule has 0 radical (unpaired) electrons. The van der Waals surface area contributed by atoms with Crippen LogP contribution in [-0.4, -0.2) is 22.7 Å². The van der Waals surface area contributed by atoms with Crippen LogP contribution in [0.15, 0.2) is 39.7 Å². The van der Waals surface area contributed by atoms with E-state index in [9.17, 15) is 9.59 Å². The van der Waals surface area contributed by atoms with Crippen molar-refractivity contribution in [1.29, 1.82) is 0 Å². The molecule has 7 heteroatoms. The summed E-state index contributed by atoms with van der Waals surface area (Å²) >= 11 is 6.97. The smallest absolute Gasteiger partial charge is 0.295 e. The molecule has 1 aromatic carbocycles. The van der Waals surface area contributed by atoms with Gasteiger partial charge in [-0.25, -0.2) is 0 Å². The summed E-state index contributed by atoms with van der Waals surface area (Å²) in [6.07, 6.45) is 1.59. The van der Waals surface area contributed by atoms with E-state index >= 15 is 0 Å². The molecule has 0 atom stereocenters. The first-order chi connectivity index (χ1) is 11.5. The van der Waals surface area contributed by atoms with Crippen molar-refractivity contribution in [3.63, 3.8) is 0 Å². The number of imide groups is 1.